The van der Waals surface area contributed by atoms with Crippen LogP contribution in [0.25, 0.3) is 11.2 Å². The van der Waals surface area contributed by atoms with Gasteiger partial charge < -0.3 is 4.57 Å². The molecule has 2 aromatic rings. The van der Waals surface area contributed by atoms with Crippen molar-refractivity contribution in [3.63, 3.8) is 0 Å². The van der Waals surface area contributed by atoms with Crippen molar-refractivity contribution in [3.8, 4) is 0 Å². The molecular formula is C11H14ClN3O2S. The highest BCUT2D eigenvalue weighted by Crippen LogP contribution is 2.18. The Hall–Kier alpha value is -1.14. The van der Waals surface area contributed by atoms with Gasteiger partial charge >= 0.3 is 0 Å². The number of halogens is 1. The van der Waals surface area contributed by atoms with E-state index in [-0.39, 0.29) is 11.6 Å². The summed E-state index contributed by atoms with van der Waals surface area (Å²) in [4.78, 5) is 8.66. The lowest BCUT2D eigenvalue weighted by Gasteiger charge is -2.05. The second kappa shape index (κ2) is 4.85. The summed E-state index contributed by atoms with van der Waals surface area (Å²) in [5.41, 5.74) is 2.47. The smallest absolute Gasteiger partial charge is 0.160 e. The molecular weight excluding hydrogens is 274 g/mol. The SMILES string of the molecule is Cc1ccnc2c1nc(CCl)n2CCS(C)(=O)=O. The molecule has 0 saturated heterocycles. The number of alkyl halides is 1. The molecule has 5 nitrogen and oxygen atoms in total. The van der Waals surface area contributed by atoms with Crippen LogP contribution < -0.4 is 0 Å². The number of imidazole rings is 1. The first-order chi connectivity index (χ1) is 8.42. The van der Waals surface area contributed by atoms with Gasteiger partial charge in [-0.2, -0.15) is 0 Å². The van der Waals surface area contributed by atoms with E-state index < -0.39 is 9.84 Å². The van der Waals surface area contributed by atoms with Crippen LogP contribution >= 0.6 is 11.6 Å². The summed E-state index contributed by atoms with van der Waals surface area (Å²) in [5, 5.41) is 0. The van der Waals surface area contributed by atoms with Crippen LogP contribution in [0.2, 0.25) is 0 Å². The first kappa shape index (κ1) is 13.3. The summed E-state index contributed by atoms with van der Waals surface area (Å²) in [6, 6.07) is 1.87. The van der Waals surface area contributed by atoms with Crippen LogP contribution in [0.3, 0.4) is 0 Å². The highest BCUT2D eigenvalue weighted by atomic mass is 35.5. The lowest BCUT2D eigenvalue weighted by atomic mass is 10.3. The molecule has 0 bridgehead atoms. The second-order valence-electron chi connectivity index (χ2n) is 4.24. The lowest BCUT2D eigenvalue weighted by Crippen LogP contribution is -2.13. The van der Waals surface area contributed by atoms with E-state index in [9.17, 15) is 8.42 Å². The van der Waals surface area contributed by atoms with Crippen LogP contribution in [0.5, 0.6) is 0 Å². The molecule has 0 unspecified atom stereocenters. The summed E-state index contributed by atoms with van der Waals surface area (Å²) in [7, 11) is -3.02. The Kier molecular flexibility index (Phi) is 3.59. The molecule has 0 spiro atoms. The van der Waals surface area contributed by atoms with E-state index >= 15 is 0 Å². The van der Waals surface area contributed by atoms with Gasteiger partial charge in [0.05, 0.1) is 11.6 Å². The van der Waals surface area contributed by atoms with Crippen LogP contribution in [0.1, 0.15) is 11.4 Å². The third-order valence-corrected chi connectivity index (χ3v) is 3.88. The molecule has 0 saturated carbocycles. The molecule has 0 aliphatic heterocycles. The molecule has 2 aromatic heterocycles. The van der Waals surface area contributed by atoms with E-state index in [0.29, 0.717) is 18.0 Å². The monoisotopic (exact) mass is 287 g/mol. The zero-order chi connectivity index (χ0) is 13.3. The molecule has 98 valence electrons. The molecule has 0 fully saturated rings. The number of rotatable bonds is 4. The average Bonchev–Trinajstić information content (AvgIpc) is 2.65. The maximum atomic E-state index is 11.2. The van der Waals surface area contributed by atoms with Gasteiger partial charge in [0.1, 0.15) is 21.2 Å². The van der Waals surface area contributed by atoms with Crippen molar-refractivity contribution in [3.05, 3.63) is 23.7 Å². The summed E-state index contributed by atoms with van der Waals surface area (Å²) in [6.07, 6.45) is 2.90. The molecule has 0 aromatic carbocycles. The molecule has 2 rings (SSSR count). The van der Waals surface area contributed by atoms with Gasteiger partial charge in [-0.05, 0) is 18.6 Å². The number of hydrogen-bond donors (Lipinski definition) is 0. The Bertz CT molecular complexity index is 679. The highest BCUT2D eigenvalue weighted by molar-refractivity contribution is 7.90. The van der Waals surface area contributed by atoms with Gasteiger partial charge in [0.2, 0.25) is 0 Å². The minimum atomic E-state index is -3.02. The maximum absolute atomic E-state index is 11.2. The molecule has 2 heterocycles. The number of fused-ring (bicyclic) bond motifs is 1. The van der Waals surface area contributed by atoms with Crippen molar-refractivity contribution in [2.24, 2.45) is 0 Å². The quantitative estimate of drug-likeness (QED) is 0.800. The number of hydrogen-bond acceptors (Lipinski definition) is 4. The van der Waals surface area contributed by atoms with Gasteiger partial charge in [-0.15, -0.1) is 11.6 Å². The molecule has 18 heavy (non-hydrogen) atoms. The fourth-order valence-electron chi connectivity index (χ4n) is 1.78. The van der Waals surface area contributed by atoms with E-state index in [0.717, 1.165) is 11.1 Å². The van der Waals surface area contributed by atoms with Crippen molar-refractivity contribution in [2.75, 3.05) is 12.0 Å². The number of pyridine rings is 1. The van der Waals surface area contributed by atoms with Gasteiger partial charge in [0.25, 0.3) is 0 Å². The van der Waals surface area contributed by atoms with Crippen LogP contribution in [0, 0.1) is 6.92 Å². The predicted molar refractivity (Wildman–Crippen MR) is 71.5 cm³/mol. The van der Waals surface area contributed by atoms with Gasteiger partial charge in [0.15, 0.2) is 5.65 Å². The molecule has 0 radical (unpaired) electrons. The van der Waals surface area contributed by atoms with Gasteiger partial charge in [-0.1, -0.05) is 0 Å². The van der Waals surface area contributed by atoms with Gasteiger partial charge in [-0.25, -0.2) is 18.4 Å². The number of sulfone groups is 1. The second-order valence-corrected chi connectivity index (χ2v) is 6.77. The third kappa shape index (κ3) is 2.64. The molecule has 7 heteroatoms. The third-order valence-electron chi connectivity index (χ3n) is 2.72. The number of aromatic nitrogens is 3. The first-order valence-corrected chi connectivity index (χ1v) is 8.06. The van der Waals surface area contributed by atoms with Crippen molar-refractivity contribution in [1.82, 2.24) is 14.5 Å². The van der Waals surface area contributed by atoms with Gasteiger partial charge in [0, 0.05) is 19.0 Å². The Morgan fingerprint density at radius 3 is 2.78 bits per heavy atom. The highest BCUT2D eigenvalue weighted by Gasteiger charge is 2.14. The van der Waals surface area contributed by atoms with E-state index in [4.69, 9.17) is 11.6 Å². The van der Waals surface area contributed by atoms with Crippen molar-refractivity contribution >= 4 is 32.6 Å². The van der Waals surface area contributed by atoms with Crippen LogP contribution in [-0.4, -0.2) is 35.0 Å². The van der Waals surface area contributed by atoms with Crippen molar-refractivity contribution < 1.29 is 8.42 Å². The average molecular weight is 288 g/mol. The minimum absolute atomic E-state index is 0.0535. The molecule has 0 amide bonds. The fraction of sp³-hybridized carbons (Fsp3) is 0.455. The normalized spacial score (nSPS) is 12.2. The van der Waals surface area contributed by atoms with E-state index in [1.165, 1.54) is 6.26 Å². The summed E-state index contributed by atoms with van der Waals surface area (Å²) >= 11 is 5.85. The minimum Gasteiger partial charge on any atom is -0.311 e. The standard InChI is InChI=1S/C11H14ClN3O2S/c1-8-3-4-13-11-10(8)14-9(7-12)15(11)5-6-18(2,16)17/h3-4H,5-7H2,1-2H3. The fourth-order valence-corrected chi connectivity index (χ4v) is 2.50. The van der Waals surface area contributed by atoms with Crippen LogP contribution in [-0.2, 0) is 22.3 Å². The van der Waals surface area contributed by atoms with Crippen LogP contribution in [0.15, 0.2) is 12.3 Å². The number of nitrogens with zero attached hydrogens (tertiary/aromatic N) is 3. The van der Waals surface area contributed by atoms with Crippen molar-refractivity contribution in [1.29, 1.82) is 0 Å². The molecule has 0 N–H and O–H groups in total. The van der Waals surface area contributed by atoms with Crippen LogP contribution in [0.4, 0.5) is 0 Å². The lowest BCUT2D eigenvalue weighted by molar-refractivity contribution is 0.594. The Morgan fingerprint density at radius 1 is 1.44 bits per heavy atom. The zero-order valence-corrected chi connectivity index (χ0v) is 11.8. The van der Waals surface area contributed by atoms with E-state index in [1.54, 1.807) is 10.8 Å². The first-order valence-electron chi connectivity index (χ1n) is 5.47. The summed E-state index contributed by atoms with van der Waals surface area (Å²) < 4.78 is 24.3. The molecule has 0 aliphatic carbocycles. The zero-order valence-electron chi connectivity index (χ0n) is 10.2. The molecule has 0 aliphatic rings. The van der Waals surface area contributed by atoms with E-state index in [2.05, 4.69) is 9.97 Å². The Morgan fingerprint density at radius 2 is 2.17 bits per heavy atom. The Balaban J connectivity index is 2.51. The maximum Gasteiger partial charge on any atom is 0.160 e. The predicted octanol–water partition coefficient (Wildman–Crippen LogP) is 1.52. The summed E-state index contributed by atoms with van der Waals surface area (Å²) in [6.45, 7) is 2.27. The Labute approximate surface area is 111 Å². The summed E-state index contributed by atoms with van der Waals surface area (Å²) in [5.74, 6) is 0.939. The van der Waals surface area contributed by atoms with Gasteiger partial charge in [-0.3, -0.25) is 0 Å². The number of aryl methyl sites for hydroxylation is 2. The molecule has 0 atom stereocenters. The largest absolute Gasteiger partial charge is 0.311 e. The van der Waals surface area contributed by atoms with E-state index in [1.807, 2.05) is 13.0 Å². The van der Waals surface area contributed by atoms with Crippen molar-refractivity contribution in [2.45, 2.75) is 19.3 Å². The topological polar surface area (TPSA) is 64.8 Å².